The Labute approximate surface area is 201 Å². The van der Waals surface area contributed by atoms with E-state index >= 15 is 0 Å². The molecule has 1 aliphatic heterocycles. The van der Waals surface area contributed by atoms with Crippen LogP contribution >= 0.6 is 11.6 Å². The fourth-order valence-corrected chi connectivity index (χ4v) is 4.79. The summed E-state index contributed by atoms with van der Waals surface area (Å²) in [6.45, 7) is 3.11. The van der Waals surface area contributed by atoms with E-state index in [0.29, 0.717) is 31.8 Å². The fraction of sp³-hybridized carbons (Fsp3) is 0.480. The van der Waals surface area contributed by atoms with Gasteiger partial charge in [-0.15, -0.1) is 11.6 Å². The van der Waals surface area contributed by atoms with E-state index in [1.807, 2.05) is 54.6 Å². The van der Waals surface area contributed by atoms with Crippen LogP contribution in [-0.4, -0.2) is 63.6 Å². The summed E-state index contributed by atoms with van der Waals surface area (Å²) in [5.74, 6) is 1.08. The van der Waals surface area contributed by atoms with Crippen LogP contribution in [0.2, 0.25) is 0 Å². The molecular formula is C25H34ClN3O4. The minimum Gasteiger partial charge on any atom is -0.495 e. The summed E-state index contributed by atoms with van der Waals surface area (Å²) in [4.78, 5) is 17.4. The molecule has 2 aromatic rings. The Morgan fingerprint density at radius 2 is 1.73 bits per heavy atom. The van der Waals surface area contributed by atoms with Crippen molar-refractivity contribution in [2.45, 2.75) is 37.9 Å². The quantitative estimate of drug-likeness (QED) is 0.528. The second kappa shape index (κ2) is 11.7. The molecule has 0 bridgehead atoms. The minimum atomic E-state index is -0.865. The van der Waals surface area contributed by atoms with Gasteiger partial charge in [0.2, 0.25) is 5.91 Å². The SMILES string of the molecule is CCN1C(OC)C(OC)N(c2ccccc2OC)CC1(NC(=O)CCCCl)c1ccccc1. The second-order valence-electron chi connectivity index (χ2n) is 7.91. The highest BCUT2D eigenvalue weighted by Crippen LogP contribution is 2.41. The third-order valence-electron chi connectivity index (χ3n) is 6.10. The number of likely N-dealkylation sites (N-methyl/N-ethyl adjacent to an activating group) is 1. The van der Waals surface area contributed by atoms with Gasteiger partial charge in [-0.2, -0.15) is 0 Å². The van der Waals surface area contributed by atoms with Crippen LogP contribution in [0.25, 0.3) is 0 Å². The van der Waals surface area contributed by atoms with E-state index < -0.39 is 18.1 Å². The maximum Gasteiger partial charge on any atom is 0.221 e. The lowest BCUT2D eigenvalue weighted by Gasteiger charge is -2.57. The topological polar surface area (TPSA) is 63.3 Å². The molecule has 1 aliphatic rings. The second-order valence-corrected chi connectivity index (χ2v) is 8.28. The summed E-state index contributed by atoms with van der Waals surface area (Å²) in [7, 11) is 4.98. The smallest absolute Gasteiger partial charge is 0.221 e. The van der Waals surface area contributed by atoms with E-state index in [9.17, 15) is 4.79 Å². The Kier molecular flexibility index (Phi) is 8.97. The van der Waals surface area contributed by atoms with Crippen LogP contribution in [0, 0.1) is 0 Å². The van der Waals surface area contributed by atoms with Crippen LogP contribution in [0.1, 0.15) is 25.3 Å². The molecule has 0 aromatic heterocycles. The van der Waals surface area contributed by atoms with E-state index in [0.717, 1.165) is 17.0 Å². The van der Waals surface area contributed by atoms with Crippen molar-refractivity contribution in [1.82, 2.24) is 10.2 Å². The standard InChI is InChI=1S/C25H34ClN3O4/c1-5-29-24(33-4)23(32-3)28(20-14-9-10-15-21(20)31-2)18-25(29,19-12-7-6-8-13-19)27-22(30)16-11-17-26/h6-10,12-15,23-24H,5,11,16-18H2,1-4H3,(H,27,30). The number of methoxy groups -OCH3 is 3. The number of carbonyl (C=O) groups excluding carboxylic acids is 1. The molecule has 8 heteroatoms. The first-order valence-corrected chi connectivity index (χ1v) is 11.7. The van der Waals surface area contributed by atoms with Gasteiger partial charge >= 0.3 is 0 Å². The summed E-state index contributed by atoms with van der Waals surface area (Å²) in [6, 6.07) is 17.8. The maximum absolute atomic E-state index is 13.1. The Morgan fingerprint density at radius 3 is 2.33 bits per heavy atom. The molecule has 180 valence electrons. The third-order valence-corrected chi connectivity index (χ3v) is 6.37. The maximum atomic E-state index is 13.1. The van der Waals surface area contributed by atoms with Gasteiger partial charge in [0.15, 0.2) is 12.5 Å². The fourth-order valence-electron chi connectivity index (χ4n) is 4.65. The monoisotopic (exact) mass is 475 g/mol. The van der Waals surface area contributed by atoms with Crippen molar-refractivity contribution in [2.24, 2.45) is 0 Å². The Balaban J connectivity index is 2.19. The third kappa shape index (κ3) is 5.11. The normalized spacial score (nSPS) is 23.4. The molecule has 1 N–H and O–H groups in total. The number of piperazine rings is 1. The molecule has 0 saturated carbocycles. The minimum absolute atomic E-state index is 0.0661. The number of nitrogens with one attached hydrogen (secondary N) is 1. The van der Waals surface area contributed by atoms with E-state index in [2.05, 4.69) is 22.0 Å². The molecule has 1 saturated heterocycles. The van der Waals surface area contributed by atoms with Crippen LogP contribution in [-0.2, 0) is 19.9 Å². The molecular weight excluding hydrogens is 442 g/mol. The van der Waals surface area contributed by atoms with Crippen molar-refractivity contribution in [3.05, 3.63) is 60.2 Å². The number of hydrogen-bond donors (Lipinski definition) is 1. The number of halogens is 1. The highest BCUT2D eigenvalue weighted by Gasteiger charge is 2.53. The molecule has 1 fully saturated rings. The van der Waals surface area contributed by atoms with Crippen LogP contribution in [0.5, 0.6) is 5.75 Å². The van der Waals surface area contributed by atoms with Gasteiger partial charge in [-0.3, -0.25) is 4.79 Å². The summed E-state index contributed by atoms with van der Waals surface area (Å²) in [6.07, 6.45) is 0.0556. The predicted octanol–water partition coefficient (Wildman–Crippen LogP) is 3.77. The summed E-state index contributed by atoms with van der Waals surface area (Å²) < 4.78 is 17.6. The Bertz CT molecular complexity index is 900. The van der Waals surface area contributed by atoms with Crippen molar-refractivity contribution in [1.29, 1.82) is 0 Å². The summed E-state index contributed by atoms with van der Waals surface area (Å²) in [5.41, 5.74) is 0.957. The number of ether oxygens (including phenoxy) is 3. The van der Waals surface area contributed by atoms with Gasteiger partial charge in [0.1, 0.15) is 11.4 Å². The molecule has 33 heavy (non-hydrogen) atoms. The van der Waals surface area contributed by atoms with E-state index in [1.165, 1.54) is 0 Å². The first-order valence-electron chi connectivity index (χ1n) is 11.2. The van der Waals surface area contributed by atoms with Gasteiger partial charge in [0, 0.05) is 33.1 Å². The largest absolute Gasteiger partial charge is 0.495 e. The number of benzene rings is 2. The number of carbonyl (C=O) groups is 1. The van der Waals surface area contributed by atoms with E-state index in [4.69, 9.17) is 25.8 Å². The van der Waals surface area contributed by atoms with Crippen LogP contribution in [0.15, 0.2) is 54.6 Å². The molecule has 2 aromatic carbocycles. The number of hydrogen-bond acceptors (Lipinski definition) is 6. The van der Waals surface area contributed by atoms with Crippen LogP contribution in [0.3, 0.4) is 0 Å². The predicted molar refractivity (Wildman–Crippen MR) is 131 cm³/mol. The van der Waals surface area contributed by atoms with Crippen molar-refractivity contribution < 1.29 is 19.0 Å². The molecule has 3 unspecified atom stereocenters. The Morgan fingerprint density at radius 1 is 1.06 bits per heavy atom. The molecule has 0 radical (unpaired) electrons. The first kappa shape index (κ1) is 25.3. The molecule has 3 rings (SSSR count). The number of alkyl halides is 1. The zero-order valence-corrected chi connectivity index (χ0v) is 20.5. The molecule has 0 spiro atoms. The van der Waals surface area contributed by atoms with Gasteiger partial charge in [0.25, 0.3) is 0 Å². The van der Waals surface area contributed by atoms with E-state index in [1.54, 1.807) is 21.3 Å². The van der Waals surface area contributed by atoms with Gasteiger partial charge in [-0.1, -0.05) is 49.4 Å². The number of anilines is 1. The van der Waals surface area contributed by atoms with E-state index in [-0.39, 0.29) is 5.91 Å². The lowest BCUT2D eigenvalue weighted by atomic mass is 9.91. The molecule has 3 atom stereocenters. The van der Waals surface area contributed by atoms with Crippen LogP contribution in [0.4, 0.5) is 5.69 Å². The number of nitrogens with zero attached hydrogens (tertiary/aromatic N) is 2. The highest BCUT2D eigenvalue weighted by molar-refractivity contribution is 6.17. The zero-order valence-electron chi connectivity index (χ0n) is 19.8. The average molecular weight is 476 g/mol. The highest BCUT2D eigenvalue weighted by atomic mass is 35.5. The summed E-state index contributed by atoms with van der Waals surface area (Å²) in [5, 5.41) is 3.34. The van der Waals surface area contributed by atoms with Crippen molar-refractivity contribution >= 4 is 23.2 Å². The molecule has 1 heterocycles. The van der Waals surface area contributed by atoms with Crippen molar-refractivity contribution in [2.75, 3.05) is 45.2 Å². The van der Waals surface area contributed by atoms with Gasteiger partial charge in [0.05, 0.1) is 19.3 Å². The zero-order chi connectivity index (χ0) is 23.8. The van der Waals surface area contributed by atoms with Crippen molar-refractivity contribution in [3.63, 3.8) is 0 Å². The number of rotatable bonds is 10. The van der Waals surface area contributed by atoms with Crippen LogP contribution < -0.4 is 15.0 Å². The first-order chi connectivity index (χ1) is 16.1. The van der Waals surface area contributed by atoms with Crippen molar-refractivity contribution in [3.8, 4) is 5.75 Å². The van der Waals surface area contributed by atoms with Gasteiger partial charge < -0.3 is 24.4 Å². The molecule has 1 amide bonds. The number of amides is 1. The lowest BCUT2D eigenvalue weighted by Crippen LogP contribution is -2.74. The molecule has 0 aliphatic carbocycles. The average Bonchev–Trinajstić information content (AvgIpc) is 2.86. The lowest BCUT2D eigenvalue weighted by molar-refractivity contribution is -0.188. The van der Waals surface area contributed by atoms with Gasteiger partial charge in [-0.25, -0.2) is 4.90 Å². The number of para-hydroxylation sites is 2. The molecule has 7 nitrogen and oxygen atoms in total. The summed E-state index contributed by atoms with van der Waals surface area (Å²) >= 11 is 5.87. The Hall–Kier alpha value is -2.32. The van der Waals surface area contributed by atoms with Gasteiger partial charge in [-0.05, 0) is 24.1 Å².